The van der Waals surface area contributed by atoms with Crippen molar-refractivity contribution < 1.29 is 23.9 Å². The van der Waals surface area contributed by atoms with E-state index in [1.807, 2.05) is 67.6 Å². The summed E-state index contributed by atoms with van der Waals surface area (Å²) in [6, 6.07) is 23.1. The number of benzene rings is 3. The highest BCUT2D eigenvalue weighted by molar-refractivity contribution is 6.09. The number of rotatable bonds is 5. The predicted molar refractivity (Wildman–Crippen MR) is 131 cm³/mol. The average Bonchev–Trinajstić information content (AvgIpc) is 3.14. The van der Waals surface area contributed by atoms with E-state index in [9.17, 15) is 19.2 Å². The van der Waals surface area contributed by atoms with E-state index in [0.29, 0.717) is 5.69 Å². The molecular formula is C29H24N2O5. The van der Waals surface area contributed by atoms with Crippen molar-refractivity contribution in [2.24, 2.45) is 11.8 Å². The number of anilines is 1. The van der Waals surface area contributed by atoms with Gasteiger partial charge in [-0.05, 0) is 41.3 Å². The average molecular weight is 481 g/mol. The van der Waals surface area contributed by atoms with E-state index in [0.717, 1.165) is 32.7 Å². The Hall–Kier alpha value is -4.26. The molecule has 36 heavy (non-hydrogen) atoms. The van der Waals surface area contributed by atoms with Crippen LogP contribution in [0, 0.1) is 18.8 Å². The number of nitrogens with zero attached hydrogens (tertiary/aromatic N) is 1. The summed E-state index contributed by atoms with van der Waals surface area (Å²) < 4.78 is 5.11. The number of imide groups is 1. The fourth-order valence-electron chi connectivity index (χ4n) is 6.05. The minimum atomic E-state index is -0.795. The Bertz CT molecular complexity index is 1300. The van der Waals surface area contributed by atoms with Crippen LogP contribution in [0.1, 0.15) is 39.7 Å². The molecule has 3 aliphatic carbocycles. The second-order valence-corrected chi connectivity index (χ2v) is 9.60. The SMILES string of the molecule is Cc1ccc(NC(=O)COC(=O)CN2C(=O)[C@@H]3C4c5ccccc5C(c5ccccc54)[C@@H]3C2=O)cc1. The molecule has 0 unspecified atom stereocenters. The molecule has 1 fully saturated rings. The van der Waals surface area contributed by atoms with Crippen LogP contribution in [-0.4, -0.2) is 41.7 Å². The summed E-state index contributed by atoms with van der Waals surface area (Å²) in [6.45, 7) is 0.930. The van der Waals surface area contributed by atoms with Crippen LogP contribution >= 0.6 is 0 Å². The molecule has 0 spiro atoms. The Morgan fingerprint density at radius 1 is 0.778 bits per heavy atom. The Morgan fingerprint density at radius 2 is 1.25 bits per heavy atom. The van der Waals surface area contributed by atoms with Crippen molar-refractivity contribution in [3.05, 3.63) is 101 Å². The molecule has 2 atom stereocenters. The van der Waals surface area contributed by atoms with E-state index in [1.54, 1.807) is 12.1 Å². The number of nitrogens with one attached hydrogen (secondary N) is 1. The first kappa shape index (κ1) is 22.2. The van der Waals surface area contributed by atoms with Gasteiger partial charge in [0.25, 0.3) is 5.91 Å². The van der Waals surface area contributed by atoms with Crippen LogP contribution < -0.4 is 5.32 Å². The van der Waals surface area contributed by atoms with Gasteiger partial charge in [-0.1, -0.05) is 66.2 Å². The van der Waals surface area contributed by atoms with Gasteiger partial charge in [0.1, 0.15) is 6.54 Å². The van der Waals surface area contributed by atoms with Crippen molar-refractivity contribution in [1.82, 2.24) is 4.90 Å². The lowest BCUT2D eigenvalue weighted by atomic mass is 9.55. The lowest BCUT2D eigenvalue weighted by Gasteiger charge is -2.45. The summed E-state index contributed by atoms with van der Waals surface area (Å²) in [7, 11) is 0. The van der Waals surface area contributed by atoms with Crippen LogP contribution in [0.3, 0.4) is 0 Å². The second-order valence-electron chi connectivity index (χ2n) is 9.60. The normalized spacial score (nSPS) is 23.1. The third-order valence-corrected chi connectivity index (χ3v) is 7.53. The van der Waals surface area contributed by atoms with Gasteiger partial charge in [-0.2, -0.15) is 0 Å². The quantitative estimate of drug-likeness (QED) is 0.447. The van der Waals surface area contributed by atoms with Crippen molar-refractivity contribution >= 4 is 29.4 Å². The van der Waals surface area contributed by atoms with Gasteiger partial charge in [-0.15, -0.1) is 0 Å². The molecular weight excluding hydrogens is 456 g/mol. The predicted octanol–water partition coefficient (Wildman–Crippen LogP) is 3.37. The molecule has 180 valence electrons. The standard InChI is InChI=1S/C29H24N2O5/c1-16-10-12-17(13-11-16)30-22(32)15-36-23(33)14-31-28(34)26-24-18-6-2-3-7-19(18)25(27(26)29(31)35)21-9-5-4-8-20(21)24/h2-13,24-27H,14-15H2,1H3,(H,30,32)/t24?,25?,26-,27+. The van der Waals surface area contributed by atoms with Crippen LogP contribution in [0.5, 0.6) is 0 Å². The molecule has 0 aromatic heterocycles. The van der Waals surface area contributed by atoms with E-state index < -0.39 is 36.9 Å². The van der Waals surface area contributed by atoms with Crippen LogP contribution in [-0.2, 0) is 23.9 Å². The van der Waals surface area contributed by atoms with Gasteiger partial charge in [0.2, 0.25) is 11.8 Å². The maximum absolute atomic E-state index is 13.5. The van der Waals surface area contributed by atoms with Gasteiger partial charge >= 0.3 is 5.97 Å². The van der Waals surface area contributed by atoms with Gasteiger partial charge in [-0.25, -0.2) is 0 Å². The summed E-state index contributed by atoms with van der Waals surface area (Å²) >= 11 is 0. The van der Waals surface area contributed by atoms with Crippen LogP contribution in [0.15, 0.2) is 72.8 Å². The molecule has 1 N–H and O–H groups in total. The van der Waals surface area contributed by atoms with Crippen molar-refractivity contribution in [2.75, 3.05) is 18.5 Å². The molecule has 3 aromatic rings. The lowest BCUT2D eigenvalue weighted by Crippen LogP contribution is -2.41. The number of likely N-dealkylation sites (tertiary alicyclic amines) is 1. The first-order valence-corrected chi connectivity index (χ1v) is 12.0. The maximum atomic E-state index is 13.5. The molecule has 1 heterocycles. The zero-order chi connectivity index (χ0) is 25.0. The minimum Gasteiger partial charge on any atom is -0.454 e. The monoisotopic (exact) mass is 480 g/mol. The van der Waals surface area contributed by atoms with Crippen LogP contribution in [0.2, 0.25) is 0 Å². The van der Waals surface area contributed by atoms with E-state index in [1.165, 1.54) is 0 Å². The van der Waals surface area contributed by atoms with Gasteiger partial charge < -0.3 is 10.1 Å². The summed E-state index contributed by atoms with van der Waals surface area (Å²) in [5.41, 5.74) is 5.92. The zero-order valence-electron chi connectivity index (χ0n) is 19.6. The fourth-order valence-corrected chi connectivity index (χ4v) is 6.05. The Morgan fingerprint density at radius 3 is 1.72 bits per heavy atom. The van der Waals surface area contributed by atoms with E-state index in [4.69, 9.17) is 4.74 Å². The summed E-state index contributed by atoms with van der Waals surface area (Å²) in [5, 5.41) is 2.65. The third kappa shape index (κ3) is 3.42. The number of carbonyl (C=O) groups is 4. The third-order valence-electron chi connectivity index (χ3n) is 7.53. The number of ether oxygens (including phenoxy) is 1. The Kier molecular flexibility index (Phi) is 5.21. The molecule has 4 aliphatic rings. The molecule has 7 heteroatoms. The van der Waals surface area contributed by atoms with E-state index >= 15 is 0 Å². The van der Waals surface area contributed by atoms with E-state index in [-0.39, 0.29) is 23.7 Å². The van der Waals surface area contributed by atoms with Crippen molar-refractivity contribution in [2.45, 2.75) is 18.8 Å². The highest BCUT2D eigenvalue weighted by atomic mass is 16.5. The Balaban J connectivity index is 1.18. The molecule has 3 aromatic carbocycles. The lowest BCUT2D eigenvalue weighted by molar-refractivity contribution is -0.154. The molecule has 0 radical (unpaired) electrons. The maximum Gasteiger partial charge on any atom is 0.326 e. The molecule has 7 rings (SSSR count). The van der Waals surface area contributed by atoms with Crippen molar-refractivity contribution in [1.29, 1.82) is 0 Å². The van der Waals surface area contributed by atoms with Gasteiger partial charge in [0.05, 0.1) is 11.8 Å². The first-order chi connectivity index (χ1) is 17.4. The first-order valence-electron chi connectivity index (χ1n) is 12.0. The highest BCUT2D eigenvalue weighted by Crippen LogP contribution is 2.60. The topological polar surface area (TPSA) is 92.8 Å². The van der Waals surface area contributed by atoms with Gasteiger partial charge in [0, 0.05) is 17.5 Å². The number of carbonyl (C=O) groups excluding carboxylic acids is 4. The smallest absolute Gasteiger partial charge is 0.326 e. The van der Waals surface area contributed by atoms with Crippen molar-refractivity contribution in [3.8, 4) is 0 Å². The van der Waals surface area contributed by atoms with Crippen molar-refractivity contribution in [3.63, 3.8) is 0 Å². The number of hydrogen-bond donors (Lipinski definition) is 1. The Labute approximate surface area is 208 Å². The highest BCUT2D eigenvalue weighted by Gasteiger charge is 2.61. The summed E-state index contributed by atoms with van der Waals surface area (Å²) in [5.74, 6) is -3.57. The molecule has 2 bridgehead atoms. The number of amides is 3. The van der Waals surface area contributed by atoms with Gasteiger partial charge in [-0.3, -0.25) is 24.1 Å². The summed E-state index contributed by atoms with van der Waals surface area (Å²) in [4.78, 5) is 52.8. The molecule has 0 saturated carbocycles. The second kappa shape index (κ2) is 8.45. The van der Waals surface area contributed by atoms with Gasteiger partial charge in [0.15, 0.2) is 6.61 Å². The van der Waals surface area contributed by atoms with Crippen LogP contribution in [0.4, 0.5) is 5.69 Å². The van der Waals surface area contributed by atoms with Crippen LogP contribution in [0.25, 0.3) is 0 Å². The fraction of sp³-hybridized carbons (Fsp3) is 0.241. The molecule has 3 amide bonds. The number of esters is 1. The largest absolute Gasteiger partial charge is 0.454 e. The molecule has 1 saturated heterocycles. The molecule has 1 aliphatic heterocycles. The van der Waals surface area contributed by atoms with E-state index in [2.05, 4.69) is 5.32 Å². The number of aryl methyl sites for hydroxylation is 1. The summed E-state index contributed by atoms with van der Waals surface area (Å²) in [6.07, 6.45) is 0. The zero-order valence-corrected chi connectivity index (χ0v) is 19.6. The minimum absolute atomic E-state index is 0.231. The molecule has 7 nitrogen and oxygen atoms in total. The number of hydrogen-bond acceptors (Lipinski definition) is 5.